The Balaban J connectivity index is 1.35. The molecule has 0 aromatic carbocycles. The van der Waals surface area contributed by atoms with Gasteiger partial charge in [0.2, 0.25) is 5.82 Å². The van der Waals surface area contributed by atoms with Gasteiger partial charge in [0.1, 0.15) is 0 Å². The first kappa shape index (κ1) is 17.9. The third-order valence-corrected chi connectivity index (χ3v) is 5.33. The number of hydrogen-bond donors (Lipinski definition) is 2. The number of nitro groups is 1. The Morgan fingerprint density at radius 3 is 2.10 bits per heavy atom. The van der Waals surface area contributed by atoms with Crippen LogP contribution in [0.2, 0.25) is 0 Å². The second-order valence-electron chi connectivity index (χ2n) is 6.21. The van der Waals surface area contributed by atoms with Crippen LogP contribution in [0, 0.1) is 10.1 Å². The van der Waals surface area contributed by atoms with Gasteiger partial charge in [-0.1, -0.05) is 0 Å². The van der Waals surface area contributed by atoms with E-state index >= 15 is 0 Å². The molecule has 13 heteroatoms. The monoisotopic (exact) mass is 422 g/mol. The molecule has 0 fully saturated rings. The van der Waals surface area contributed by atoms with Gasteiger partial charge in [-0.05, 0) is 23.5 Å². The molecule has 0 amide bonds. The van der Waals surface area contributed by atoms with Crippen molar-refractivity contribution in [1.82, 2.24) is 34.2 Å². The van der Waals surface area contributed by atoms with Gasteiger partial charge in [-0.2, -0.15) is 15.2 Å². The maximum Gasteiger partial charge on any atom is 0.369 e. The molecule has 0 saturated carbocycles. The molecule has 30 heavy (non-hydrogen) atoms. The summed E-state index contributed by atoms with van der Waals surface area (Å²) >= 11 is 0.971. The van der Waals surface area contributed by atoms with Crippen LogP contribution in [-0.2, 0) is 13.1 Å². The van der Waals surface area contributed by atoms with Gasteiger partial charge in [0.15, 0.2) is 16.4 Å². The second-order valence-corrected chi connectivity index (χ2v) is 7.19. The Kier molecular flexibility index (Phi) is 4.40. The van der Waals surface area contributed by atoms with Crippen molar-refractivity contribution in [2.45, 2.75) is 13.1 Å². The Morgan fingerprint density at radius 2 is 1.50 bits per heavy atom. The van der Waals surface area contributed by atoms with Crippen molar-refractivity contribution in [3.63, 3.8) is 0 Å². The second kappa shape index (κ2) is 7.36. The summed E-state index contributed by atoms with van der Waals surface area (Å²) in [5, 5.41) is 26.5. The van der Waals surface area contributed by atoms with E-state index in [1.54, 1.807) is 52.0 Å². The molecular weight excluding hydrogens is 408 g/mol. The van der Waals surface area contributed by atoms with E-state index in [1.807, 2.05) is 6.07 Å². The first-order chi connectivity index (χ1) is 14.7. The molecule has 5 aromatic heterocycles. The van der Waals surface area contributed by atoms with Crippen LogP contribution in [0.5, 0.6) is 0 Å². The van der Waals surface area contributed by atoms with Gasteiger partial charge < -0.3 is 10.6 Å². The third-order valence-electron chi connectivity index (χ3n) is 4.37. The summed E-state index contributed by atoms with van der Waals surface area (Å²) in [5.41, 5.74) is 3.09. The van der Waals surface area contributed by atoms with E-state index in [0.29, 0.717) is 23.9 Å². The van der Waals surface area contributed by atoms with Crippen LogP contribution in [-0.4, -0.2) is 39.1 Å². The summed E-state index contributed by atoms with van der Waals surface area (Å²) in [6.45, 7) is 0.700. The number of fused-ring (bicyclic) bond motifs is 2. The predicted octanol–water partition coefficient (Wildman–Crippen LogP) is 2.36. The molecule has 2 N–H and O–H groups in total. The number of nitrogens with zero attached hydrogens (tertiary/aromatic N) is 8. The van der Waals surface area contributed by atoms with Crippen molar-refractivity contribution >= 4 is 38.6 Å². The van der Waals surface area contributed by atoms with Crippen molar-refractivity contribution in [2.24, 2.45) is 0 Å². The van der Waals surface area contributed by atoms with Crippen LogP contribution >= 0.6 is 11.3 Å². The molecule has 0 unspecified atom stereocenters. The lowest BCUT2D eigenvalue weighted by molar-refractivity contribution is -0.379. The summed E-state index contributed by atoms with van der Waals surface area (Å²) in [5.74, 6) is 0.198. The van der Waals surface area contributed by atoms with Crippen LogP contribution in [0.15, 0.2) is 49.1 Å². The smallest absolute Gasteiger partial charge is 0.358 e. The standard InChI is InChI=1S/C17H14N10O2S/c28-27(29)16-15(20-9-11-1-5-18-13-3-7-22-25(11)13)24-17(30-16)21-10-12-2-6-19-14-4-8-23-26(12)14/h1-8,20H,9-10H2,(H,21,24). The van der Waals surface area contributed by atoms with Crippen LogP contribution in [0.3, 0.4) is 0 Å². The summed E-state index contributed by atoms with van der Waals surface area (Å²) < 4.78 is 3.37. The largest absolute Gasteiger partial charge is 0.369 e. The number of rotatable bonds is 7. The van der Waals surface area contributed by atoms with Crippen molar-refractivity contribution < 1.29 is 4.92 Å². The summed E-state index contributed by atoms with van der Waals surface area (Å²) in [4.78, 5) is 23.8. The van der Waals surface area contributed by atoms with E-state index in [9.17, 15) is 10.1 Å². The van der Waals surface area contributed by atoms with Gasteiger partial charge >= 0.3 is 5.00 Å². The molecular formula is C17H14N10O2S. The van der Waals surface area contributed by atoms with E-state index < -0.39 is 4.92 Å². The van der Waals surface area contributed by atoms with E-state index in [-0.39, 0.29) is 10.8 Å². The molecule has 0 bridgehead atoms. The van der Waals surface area contributed by atoms with Crippen LogP contribution in [0.4, 0.5) is 16.0 Å². The topological polar surface area (TPSA) is 140 Å². The molecule has 0 spiro atoms. The summed E-state index contributed by atoms with van der Waals surface area (Å²) in [6, 6.07) is 7.21. The minimum Gasteiger partial charge on any atom is -0.358 e. The van der Waals surface area contributed by atoms with Crippen molar-refractivity contribution in [3.05, 3.63) is 70.6 Å². The molecule has 0 saturated heterocycles. The Bertz CT molecular complexity index is 1360. The minimum absolute atomic E-state index is 0.0674. The zero-order valence-electron chi connectivity index (χ0n) is 15.3. The highest BCUT2D eigenvalue weighted by Gasteiger charge is 2.21. The maximum atomic E-state index is 11.5. The lowest BCUT2D eigenvalue weighted by atomic mass is 10.4. The predicted molar refractivity (Wildman–Crippen MR) is 109 cm³/mol. The third kappa shape index (κ3) is 3.26. The average Bonchev–Trinajstić information content (AvgIpc) is 3.49. The van der Waals surface area contributed by atoms with Crippen molar-refractivity contribution in [1.29, 1.82) is 0 Å². The highest BCUT2D eigenvalue weighted by molar-refractivity contribution is 7.19. The Labute approximate surface area is 172 Å². The maximum absolute atomic E-state index is 11.5. The van der Waals surface area contributed by atoms with E-state index in [1.165, 1.54) is 0 Å². The Morgan fingerprint density at radius 1 is 0.900 bits per heavy atom. The van der Waals surface area contributed by atoms with Crippen LogP contribution < -0.4 is 10.6 Å². The SMILES string of the molecule is O=[N+]([O-])c1sc(NCc2ccnc3ccnn23)nc1NCc1ccnc2ccnn12. The molecule has 5 heterocycles. The van der Waals surface area contributed by atoms with E-state index in [0.717, 1.165) is 28.4 Å². The van der Waals surface area contributed by atoms with Gasteiger partial charge in [-0.3, -0.25) is 10.1 Å². The Hall–Kier alpha value is -4.13. The van der Waals surface area contributed by atoms with E-state index in [2.05, 4.69) is 35.8 Å². The van der Waals surface area contributed by atoms with Gasteiger partial charge in [0.25, 0.3) is 0 Å². The van der Waals surface area contributed by atoms with Crippen LogP contribution in [0.25, 0.3) is 11.3 Å². The first-order valence-corrected chi connectivity index (χ1v) is 9.69. The first-order valence-electron chi connectivity index (χ1n) is 8.87. The average molecular weight is 422 g/mol. The number of nitrogens with one attached hydrogen (secondary N) is 2. The number of aromatic nitrogens is 7. The molecule has 0 radical (unpaired) electrons. The molecule has 0 aliphatic rings. The lowest BCUT2D eigenvalue weighted by Crippen LogP contribution is -2.08. The fourth-order valence-electron chi connectivity index (χ4n) is 3.01. The fourth-order valence-corrected chi connectivity index (χ4v) is 3.76. The van der Waals surface area contributed by atoms with Crippen molar-refractivity contribution in [3.8, 4) is 0 Å². The zero-order chi connectivity index (χ0) is 20.5. The molecule has 0 aliphatic heterocycles. The number of thiazole rings is 1. The highest BCUT2D eigenvalue weighted by Crippen LogP contribution is 2.35. The van der Waals surface area contributed by atoms with E-state index in [4.69, 9.17) is 0 Å². The molecule has 0 aliphatic carbocycles. The molecule has 0 atom stereocenters. The normalized spacial score (nSPS) is 11.2. The number of anilines is 2. The molecule has 150 valence electrons. The fraction of sp³-hybridized carbons (Fsp3) is 0.118. The lowest BCUT2D eigenvalue weighted by Gasteiger charge is -2.06. The molecule has 5 rings (SSSR count). The summed E-state index contributed by atoms with van der Waals surface area (Å²) in [7, 11) is 0. The minimum atomic E-state index is -0.445. The summed E-state index contributed by atoms with van der Waals surface area (Å²) in [6.07, 6.45) is 6.67. The van der Waals surface area contributed by atoms with Crippen LogP contribution in [0.1, 0.15) is 11.4 Å². The quantitative estimate of drug-likeness (QED) is 0.299. The highest BCUT2D eigenvalue weighted by atomic mass is 32.1. The molecule has 5 aromatic rings. The van der Waals surface area contributed by atoms with Gasteiger partial charge in [-0.25, -0.2) is 19.0 Å². The van der Waals surface area contributed by atoms with Gasteiger partial charge in [-0.15, -0.1) is 0 Å². The zero-order valence-corrected chi connectivity index (χ0v) is 16.2. The van der Waals surface area contributed by atoms with Gasteiger partial charge in [0, 0.05) is 24.5 Å². The van der Waals surface area contributed by atoms with Crippen molar-refractivity contribution in [2.75, 3.05) is 10.6 Å². The van der Waals surface area contributed by atoms with Gasteiger partial charge in [0.05, 0.1) is 41.8 Å². The number of hydrogen-bond acceptors (Lipinski definition) is 10. The molecule has 12 nitrogen and oxygen atoms in total.